The summed E-state index contributed by atoms with van der Waals surface area (Å²) < 4.78 is 5.40. The van der Waals surface area contributed by atoms with Gasteiger partial charge in [-0.3, -0.25) is 14.4 Å². The lowest BCUT2D eigenvalue weighted by Crippen LogP contribution is -2.59. The molecule has 0 saturated carbocycles. The van der Waals surface area contributed by atoms with E-state index in [0.29, 0.717) is 12.0 Å². The number of aryl methyl sites for hydroxylation is 1. The van der Waals surface area contributed by atoms with Gasteiger partial charge >= 0.3 is 6.09 Å². The van der Waals surface area contributed by atoms with E-state index in [1.165, 1.54) is 4.90 Å². The molecule has 0 aromatic heterocycles. The molecular weight excluding hydrogens is 508 g/mol. The Kier molecular flexibility index (Phi) is 11.3. The summed E-state index contributed by atoms with van der Waals surface area (Å²) in [6.07, 6.45) is -0.467. The quantitative estimate of drug-likeness (QED) is 0.356. The van der Waals surface area contributed by atoms with Crippen LogP contribution in [-0.2, 0) is 25.7 Å². The maximum Gasteiger partial charge on any atom is 0.408 e. The van der Waals surface area contributed by atoms with Gasteiger partial charge in [0.1, 0.15) is 17.7 Å². The number of hydrogen-bond acceptors (Lipinski definition) is 5. The zero-order valence-corrected chi connectivity index (χ0v) is 24.7. The predicted octanol–water partition coefficient (Wildman–Crippen LogP) is 4.53. The molecule has 9 nitrogen and oxygen atoms in total. The molecule has 2 unspecified atom stereocenters. The minimum absolute atomic E-state index is 0.0458. The predicted molar refractivity (Wildman–Crippen MR) is 155 cm³/mol. The van der Waals surface area contributed by atoms with Gasteiger partial charge in [0.05, 0.1) is 0 Å². The van der Waals surface area contributed by atoms with Gasteiger partial charge in [-0.15, -0.1) is 0 Å². The summed E-state index contributed by atoms with van der Waals surface area (Å²) in [5, 5.41) is 5.63. The zero-order valence-electron chi connectivity index (χ0n) is 24.7. The first kappa shape index (κ1) is 32.3. The molecular formula is C31H44N4O5. The van der Waals surface area contributed by atoms with Crippen molar-refractivity contribution < 1.29 is 23.9 Å². The van der Waals surface area contributed by atoms with E-state index in [9.17, 15) is 19.2 Å². The van der Waals surface area contributed by atoms with Crippen LogP contribution in [0.5, 0.6) is 0 Å². The molecule has 0 aliphatic carbocycles. The number of hydrogen-bond donors (Lipinski definition) is 3. The topological polar surface area (TPSA) is 131 Å². The smallest absolute Gasteiger partial charge is 0.408 e. The fourth-order valence-electron chi connectivity index (χ4n) is 4.28. The Balaban J connectivity index is 2.58. The average Bonchev–Trinajstić information content (AvgIpc) is 2.87. The van der Waals surface area contributed by atoms with Gasteiger partial charge in [-0.25, -0.2) is 4.79 Å². The summed E-state index contributed by atoms with van der Waals surface area (Å²) in [6, 6.07) is 14.7. The van der Waals surface area contributed by atoms with Gasteiger partial charge in [-0.1, -0.05) is 61.5 Å². The fraction of sp³-hybridized carbons (Fsp3) is 0.484. The summed E-state index contributed by atoms with van der Waals surface area (Å²) in [5.74, 6) is -1.48. The number of nitrogens with two attached hydrogens (primary N) is 1. The van der Waals surface area contributed by atoms with E-state index in [2.05, 4.69) is 10.6 Å². The van der Waals surface area contributed by atoms with Gasteiger partial charge < -0.3 is 26.0 Å². The fourth-order valence-corrected chi connectivity index (χ4v) is 4.28. The van der Waals surface area contributed by atoms with Crippen LogP contribution in [0, 0.1) is 6.92 Å². The molecule has 4 N–H and O–H groups in total. The number of alkyl carbamates (subject to hydrolysis) is 1. The summed E-state index contributed by atoms with van der Waals surface area (Å²) in [4.78, 5) is 54.3. The van der Waals surface area contributed by atoms with E-state index in [1.807, 2.05) is 82.3 Å². The molecule has 0 heterocycles. The normalized spacial score (nSPS) is 13.1. The zero-order chi connectivity index (χ0) is 30.1. The molecule has 2 aromatic carbocycles. The lowest BCUT2D eigenvalue weighted by molar-refractivity contribution is -0.149. The van der Waals surface area contributed by atoms with Crippen molar-refractivity contribution in [2.24, 2.45) is 5.73 Å². The standard InChI is InChI=1S/C31H44N4O5/c1-8-31(6,7)35(28(38)24(18-19-25(32)36)34-29(39)40-30(3,4)5)26(23-17-13-12-14-21(23)2)27(37)33-20-22-15-10-9-11-16-22/h9-17,24,26H,8,18-20H2,1-7H3,(H2,32,36)(H,33,37)(H,34,39). The Bertz CT molecular complexity index is 1170. The number of nitrogens with zero attached hydrogens (tertiary/aromatic N) is 1. The molecule has 4 amide bonds. The van der Waals surface area contributed by atoms with Crippen LogP contribution in [0.15, 0.2) is 54.6 Å². The number of nitrogens with one attached hydrogen (secondary N) is 2. The highest BCUT2D eigenvalue weighted by Gasteiger charge is 2.43. The van der Waals surface area contributed by atoms with Crippen molar-refractivity contribution >= 4 is 23.8 Å². The lowest BCUT2D eigenvalue weighted by atomic mass is 9.90. The van der Waals surface area contributed by atoms with Gasteiger partial charge in [-0.05, 0) is 71.1 Å². The minimum atomic E-state index is -1.15. The average molecular weight is 553 g/mol. The number of primary amides is 1. The molecule has 2 atom stereocenters. The molecule has 0 fully saturated rings. The number of benzene rings is 2. The van der Waals surface area contributed by atoms with E-state index >= 15 is 0 Å². The lowest BCUT2D eigenvalue weighted by Gasteiger charge is -2.45. The highest BCUT2D eigenvalue weighted by Crippen LogP contribution is 2.34. The molecule has 0 saturated heterocycles. The molecule has 0 bridgehead atoms. The minimum Gasteiger partial charge on any atom is -0.444 e. The van der Waals surface area contributed by atoms with Gasteiger partial charge in [0.25, 0.3) is 0 Å². The van der Waals surface area contributed by atoms with Crippen LogP contribution in [0.2, 0.25) is 0 Å². The second-order valence-corrected chi connectivity index (χ2v) is 11.5. The van der Waals surface area contributed by atoms with Crippen LogP contribution < -0.4 is 16.4 Å². The van der Waals surface area contributed by atoms with E-state index in [0.717, 1.165) is 11.1 Å². The van der Waals surface area contributed by atoms with Crippen LogP contribution in [0.1, 0.15) is 83.5 Å². The third kappa shape index (κ3) is 9.39. The third-order valence-corrected chi connectivity index (χ3v) is 6.72. The summed E-state index contributed by atoms with van der Waals surface area (Å²) in [5.41, 5.74) is 6.20. The van der Waals surface area contributed by atoms with Crippen molar-refractivity contribution in [3.05, 3.63) is 71.3 Å². The first-order valence-corrected chi connectivity index (χ1v) is 13.6. The van der Waals surface area contributed by atoms with E-state index in [-0.39, 0.29) is 25.3 Å². The molecule has 0 radical (unpaired) electrons. The Morgan fingerprint density at radius 1 is 0.950 bits per heavy atom. The van der Waals surface area contributed by atoms with Crippen molar-refractivity contribution in [2.75, 3.05) is 0 Å². The van der Waals surface area contributed by atoms with Crippen molar-refractivity contribution in [3.63, 3.8) is 0 Å². The SMILES string of the molecule is CCC(C)(C)N(C(=O)C(CCC(N)=O)NC(=O)OC(C)(C)C)C(C(=O)NCc1ccccc1)c1ccccc1C. The summed E-state index contributed by atoms with van der Waals surface area (Å²) >= 11 is 0. The summed E-state index contributed by atoms with van der Waals surface area (Å²) in [7, 11) is 0. The Morgan fingerprint density at radius 2 is 1.55 bits per heavy atom. The molecule has 218 valence electrons. The molecule has 0 spiro atoms. The van der Waals surface area contributed by atoms with E-state index in [4.69, 9.17) is 10.5 Å². The molecule has 2 aromatic rings. The van der Waals surface area contributed by atoms with Crippen molar-refractivity contribution in [2.45, 2.75) is 97.5 Å². The Morgan fingerprint density at radius 3 is 2.10 bits per heavy atom. The highest BCUT2D eigenvalue weighted by molar-refractivity contribution is 5.93. The molecule has 0 aliphatic heterocycles. The van der Waals surface area contributed by atoms with E-state index in [1.54, 1.807) is 20.8 Å². The van der Waals surface area contributed by atoms with Gasteiger partial charge in [0, 0.05) is 18.5 Å². The second-order valence-electron chi connectivity index (χ2n) is 11.5. The maximum absolute atomic E-state index is 14.4. The van der Waals surface area contributed by atoms with Crippen LogP contribution in [-0.4, -0.2) is 45.9 Å². The summed E-state index contributed by atoms with van der Waals surface area (Å²) in [6.45, 7) is 13.0. The molecule has 40 heavy (non-hydrogen) atoms. The second kappa shape index (κ2) is 14.0. The monoisotopic (exact) mass is 552 g/mol. The largest absolute Gasteiger partial charge is 0.444 e. The Hall–Kier alpha value is -3.88. The van der Waals surface area contributed by atoms with E-state index < -0.39 is 41.1 Å². The van der Waals surface area contributed by atoms with Crippen molar-refractivity contribution in [1.82, 2.24) is 15.5 Å². The van der Waals surface area contributed by atoms with Gasteiger partial charge in [0.2, 0.25) is 17.7 Å². The van der Waals surface area contributed by atoms with Crippen molar-refractivity contribution in [1.29, 1.82) is 0 Å². The number of rotatable bonds is 12. The van der Waals surface area contributed by atoms with Crippen LogP contribution >= 0.6 is 0 Å². The molecule has 9 heteroatoms. The van der Waals surface area contributed by atoms with Crippen LogP contribution in [0.25, 0.3) is 0 Å². The number of carbonyl (C=O) groups excluding carboxylic acids is 4. The van der Waals surface area contributed by atoms with Gasteiger partial charge in [0.15, 0.2) is 0 Å². The number of carbonyl (C=O) groups is 4. The first-order valence-electron chi connectivity index (χ1n) is 13.6. The highest BCUT2D eigenvalue weighted by atomic mass is 16.6. The third-order valence-electron chi connectivity index (χ3n) is 6.72. The number of ether oxygens (including phenoxy) is 1. The van der Waals surface area contributed by atoms with Crippen molar-refractivity contribution in [3.8, 4) is 0 Å². The Labute approximate surface area is 237 Å². The number of amides is 4. The molecule has 0 aliphatic rings. The van der Waals surface area contributed by atoms with Gasteiger partial charge in [-0.2, -0.15) is 0 Å². The van der Waals surface area contributed by atoms with Crippen LogP contribution in [0.3, 0.4) is 0 Å². The maximum atomic E-state index is 14.4. The van der Waals surface area contributed by atoms with Crippen LogP contribution in [0.4, 0.5) is 4.79 Å². The first-order chi connectivity index (χ1) is 18.7. The molecule has 2 rings (SSSR count).